The molecule has 2 rings (SSSR count). The van der Waals surface area contributed by atoms with Crippen LogP contribution in [-0.4, -0.2) is 16.1 Å². The third kappa shape index (κ3) is 1.35. The average Bonchev–Trinajstić information content (AvgIpc) is 2.83. The van der Waals surface area contributed by atoms with Gasteiger partial charge in [0.1, 0.15) is 4.60 Å². The first-order chi connectivity index (χ1) is 6.15. The summed E-state index contributed by atoms with van der Waals surface area (Å²) in [6, 6.07) is 3.55. The molecule has 0 saturated heterocycles. The molecule has 1 saturated carbocycles. The Morgan fingerprint density at radius 2 is 2.31 bits per heavy atom. The van der Waals surface area contributed by atoms with Crippen molar-refractivity contribution in [3.05, 3.63) is 28.5 Å². The van der Waals surface area contributed by atoms with Gasteiger partial charge in [0, 0.05) is 6.20 Å². The Balaban J connectivity index is 2.41. The van der Waals surface area contributed by atoms with Gasteiger partial charge in [-0.3, -0.25) is 4.79 Å². The number of carbonyl (C=O) groups is 1. The molecule has 1 aromatic heterocycles. The first-order valence-electron chi connectivity index (χ1n) is 4.00. The lowest BCUT2D eigenvalue weighted by Gasteiger charge is -2.09. The Labute approximate surface area is 83.9 Å². The number of halogens is 1. The minimum atomic E-state index is -0.731. The van der Waals surface area contributed by atoms with Crippen molar-refractivity contribution >= 4 is 21.9 Å². The molecule has 0 atom stereocenters. The first kappa shape index (κ1) is 8.69. The zero-order chi connectivity index (χ0) is 9.47. The summed E-state index contributed by atoms with van der Waals surface area (Å²) in [6.45, 7) is 0. The van der Waals surface area contributed by atoms with Crippen LogP contribution in [0.2, 0.25) is 0 Å². The maximum absolute atomic E-state index is 11.0. The Hall–Kier alpha value is -0.900. The van der Waals surface area contributed by atoms with Gasteiger partial charge in [0.25, 0.3) is 0 Å². The van der Waals surface area contributed by atoms with Crippen LogP contribution in [0.3, 0.4) is 0 Å². The quantitative estimate of drug-likeness (QED) is 0.806. The maximum Gasteiger partial charge on any atom is 0.314 e. The lowest BCUT2D eigenvalue weighted by Crippen LogP contribution is -2.19. The van der Waals surface area contributed by atoms with E-state index in [0.29, 0.717) is 4.60 Å². The molecule has 1 aromatic rings. The minimum Gasteiger partial charge on any atom is -0.481 e. The molecule has 4 heteroatoms. The second-order valence-electron chi connectivity index (χ2n) is 3.25. The number of aromatic nitrogens is 1. The SMILES string of the molecule is O=C(O)C1(c2ccnc(Br)c2)CC1. The minimum absolute atomic E-state index is 0.620. The summed E-state index contributed by atoms with van der Waals surface area (Å²) in [4.78, 5) is 14.9. The van der Waals surface area contributed by atoms with Crippen molar-refractivity contribution in [2.45, 2.75) is 18.3 Å². The second-order valence-corrected chi connectivity index (χ2v) is 4.07. The van der Waals surface area contributed by atoms with E-state index in [9.17, 15) is 4.79 Å². The van der Waals surface area contributed by atoms with Gasteiger partial charge in [-0.25, -0.2) is 4.98 Å². The summed E-state index contributed by atoms with van der Waals surface area (Å²) in [5.41, 5.74) is 0.229. The summed E-state index contributed by atoms with van der Waals surface area (Å²) in [5.74, 6) is -0.731. The zero-order valence-corrected chi connectivity index (χ0v) is 8.41. The molecule has 0 aliphatic heterocycles. The summed E-state index contributed by atoms with van der Waals surface area (Å²) >= 11 is 3.23. The number of carboxylic acid groups (broad SMARTS) is 1. The van der Waals surface area contributed by atoms with Gasteiger partial charge in [0.05, 0.1) is 5.41 Å². The number of hydrogen-bond acceptors (Lipinski definition) is 2. The van der Waals surface area contributed by atoms with Gasteiger partial charge in [-0.2, -0.15) is 0 Å². The van der Waals surface area contributed by atoms with Crippen molar-refractivity contribution in [3.8, 4) is 0 Å². The van der Waals surface area contributed by atoms with Crippen LogP contribution in [-0.2, 0) is 10.2 Å². The molecular formula is C9H8BrNO2. The lowest BCUT2D eigenvalue weighted by atomic mass is 9.98. The molecule has 1 heterocycles. The molecule has 0 aromatic carbocycles. The smallest absolute Gasteiger partial charge is 0.314 e. The largest absolute Gasteiger partial charge is 0.481 e. The van der Waals surface area contributed by atoms with Gasteiger partial charge in [0.2, 0.25) is 0 Å². The third-order valence-corrected chi connectivity index (χ3v) is 2.87. The van der Waals surface area contributed by atoms with Crippen LogP contribution in [0.15, 0.2) is 22.9 Å². The molecule has 0 unspecified atom stereocenters. The van der Waals surface area contributed by atoms with E-state index in [1.807, 2.05) is 0 Å². The highest BCUT2D eigenvalue weighted by Gasteiger charge is 2.51. The Kier molecular flexibility index (Phi) is 1.87. The molecule has 0 amide bonds. The molecule has 3 nitrogen and oxygen atoms in total. The molecule has 1 aliphatic rings. The van der Waals surface area contributed by atoms with Gasteiger partial charge >= 0.3 is 5.97 Å². The molecule has 1 fully saturated rings. The number of pyridine rings is 1. The van der Waals surface area contributed by atoms with E-state index in [1.54, 1.807) is 18.3 Å². The molecule has 13 heavy (non-hydrogen) atoms. The van der Waals surface area contributed by atoms with E-state index in [2.05, 4.69) is 20.9 Å². The van der Waals surface area contributed by atoms with E-state index in [0.717, 1.165) is 18.4 Å². The van der Waals surface area contributed by atoms with Crippen LogP contribution < -0.4 is 0 Å². The van der Waals surface area contributed by atoms with Crippen LogP contribution in [0.5, 0.6) is 0 Å². The monoisotopic (exact) mass is 241 g/mol. The average molecular weight is 242 g/mol. The molecule has 68 valence electrons. The van der Waals surface area contributed by atoms with Gasteiger partial charge in [-0.15, -0.1) is 0 Å². The summed E-state index contributed by atoms with van der Waals surface area (Å²) in [6.07, 6.45) is 3.10. The molecule has 0 bridgehead atoms. The van der Waals surface area contributed by atoms with Gasteiger partial charge < -0.3 is 5.11 Å². The van der Waals surface area contributed by atoms with Gasteiger partial charge in [0.15, 0.2) is 0 Å². The topological polar surface area (TPSA) is 50.2 Å². The highest BCUT2D eigenvalue weighted by Crippen LogP contribution is 2.48. The van der Waals surface area contributed by atoms with Gasteiger partial charge in [-0.1, -0.05) is 0 Å². The van der Waals surface area contributed by atoms with E-state index < -0.39 is 11.4 Å². The highest BCUT2D eigenvalue weighted by molar-refractivity contribution is 9.10. The lowest BCUT2D eigenvalue weighted by molar-refractivity contribution is -0.140. The molecule has 0 radical (unpaired) electrons. The van der Waals surface area contributed by atoms with Crippen molar-refractivity contribution in [3.63, 3.8) is 0 Å². The predicted molar refractivity (Wildman–Crippen MR) is 50.5 cm³/mol. The molecule has 1 N–H and O–H groups in total. The molecular weight excluding hydrogens is 234 g/mol. The first-order valence-corrected chi connectivity index (χ1v) is 4.80. The Morgan fingerprint density at radius 1 is 1.62 bits per heavy atom. The van der Waals surface area contributed by atoms with Crippen molar-refractivity contribution < 1.29 is 9.90 Å². The number of hydrogen-bond donors (Lipinski definition) is 1. The fourth-order valence-electron chi connectivity index (χ4n) is 1.45. The van der Waals surface area contributed by atoms with Crippen LogP contribution in [0.25, 0.3) is 0 Å². The van der Waals surface area contributed by atoms with E-state index >= 15 is 0 Å². The van der Waals surface area contributed by atoms with Crippen LogP contribution in [0.4, 0.5) is 0 Å². The Morgan fingerprint density at radius 3 is 2.77 bits per heavy atom. The highest BCUT2D eigenvalue weighted by atomic mass is 79.9. The summed E-state index contributed by atoms with van der Waals surface area (Å²) < 4.78 is 0.692. The summed E-state index contributed by atoms with van der Waals surface area (Å²) in [7, 11) is 0. The van der Waals surface area contributed by atoms with Crippen LogP contribution in [0, 0.1) is 0 Å². The third-order valence-electron chi connectivity index (χ3n) is 2.44. The number of aliphatic carboxylic acids is 1. The number of rotatable bonds is 2. The van der Waals surface area contributed by atoms with Gasteiger partial charge in [-0.05, 0) is 46.5 Å². The molecule has 0 spiro atoms. The standard InChI is InChI=1S/C9H8BrNO2/c10-7-5-6(1-4-11-7)9(2-3-9)8(12)13/h1,4-5H,2-3H2,(H,12,13). The fourth-order valence-corrected chi connectivity index (χ4v) is 1.82. The van der Waals surface area contributed by atoms with E-state index in [-0.39, 0.29) is 0 Å². The van der Waals surface area contributed by atoms with E-state index in [1.165, 1.54) is 0 Å². The Bertz CT molecular complexity index is 360. The second kappa shape index (κ2) is 2.80. The van der Waals surface area contributed by atoms with E-state index in [4.69, 9.17) is 5.11 Å². The zero-order valence-electron chi connectivity index (χ0n) is 6.83. The molecule has 1 aliphatic carbocycles. The fraction of sp³-hybridized carbons (Fsp3) is 0.333. The number of nitrogens with zero attached hydrogens (tertiary/aromatic N) is 1. The van der Waals surface area contributed by atoms with Crippen LogP contribution >= 0.6 is 15.9 Å². The maximum atomic E-state index is 11.0. The predicted octanol–water partition coefficient (Wildman–Crippen LogP) is 1.96. The van der Waals surface area contributed by atoms with Crippen molar-refractivity contribution in [1.29, 1.82) is 0 Å². The van der Waals surface area contributed by atoms with Crippen LogP contribution in [0.1, 0.15) is 18.4 Å². The normalized spacial score (nSPS) is 18.2. The number of carboxylic acids is 1. The van der Waals surface area contributed by atoms with Crippen molar-refractivity contribution in [1.82, 2.24) is 4.98 Å². The summed E-state index contributed by atoms with van der Waals surface area (Å²) in [5, 5.41) is 9.01. The van der Waals surface area contributed by atoms with Crippen molar-refractivity contribution in [2.24, 2.45) is 0 Å². The van der Waals surface area contributed by atoms with Crippen molar-refractivity contribution in [2.75, 3.05) is 0 Å².